The monoisotopic (exact) mass is 1040 g/mol. The molecule has 14 nitrogen and oxygen atoms in total. The summed E-state index contributed by atoms with van der Waals surface area (Å²) < 4.78 is 34.3. The number of allylic oxidation sites excluding steroid dienone is 4. The van der Waals surface area contributed by atoms with E-state index in [2.05, 4.69) is 16.0 Å². The molecule has 0 saturated heterocycles. The number of aliphatic hydroxyl groups excluding tert-OH is 1. The first-order valence-electron chi connectivity index (χ1n) is 28.2. The van der Waals surface area contributed by atoms with Crippen LogP contribution in [0.15, 0.2) is 49.6 Å². The van der Waals surface area contributed by atoms with Crippen molar-refractivity contribution in [2.75, 3.05) is 19.7 Å². The van der Waals surface area contributed by atoms with Gasteiger partial charge in [0.1, 0.15) is 22.5 Å². The largest absolute Gasteiger partial charge is 0.461 e. The molecule has 4 aliphatic rings. The second kappa shape index (κ2) is 24.9. The van der Waals surface area contributed by atoms with Crippen molar-refractivity contribution in [1.29, 1.82) is 0 Å². The molecule has 3 aromatic rings. The number of aryl methyl sites for hydroxylation is 3. The van der Waals surface area contributed by atoms with E-state index in [-0.39, 0.29) is 36.1 Å². The van der Waals surface area contributed by atoms with Gasteiger partial charge in [-0.3, -0.25) is 19.2 Å². The van der Waals surface area contributed by atoms with Gasteiger partial charge in [-0.1, -0.05) is 109 Å². The molecule has 15 heteroatoms. The molecule has 5 N–H and O–H groups in total. The minimum Gasteiger partial charge on any atom is -0.461 e. The number of alkyl carbamates (subject to hydrolysis) is 1. The van der Waals surface area contributed by atoms with E-state index in [0.29, 0.717) is 62.1 Å². The van der Waals surface area contributed by atoms with E-state index in [4.69, 9.17) is 13.6 Å². The van der Waals surface area contributed by atoms with E-state index < -0.39 is 64.4 Å². The maximum absolute atomic E-state index is 17.5. The van der Waals surface area contributed by atoms with Crippen LogP contribution < -0.4 is 21.6 Å². The highest BCUT2D eigenvalue weighted by Crippen LogP contribution is 2.70. The van der Waals surface area contributed by atoms with Crippen LogP contribution in [0.25, 0.3) is 21.9 Å². The van der Waals surface area contributed by atoms with E-state index in [0.717, 1.165) is 136 Å². The standard InChI is InChI=1S/C60H84FN3O11/c1-38-31-53(70)75-54-40(3)55-45(34-44(38)54)46(41(4)74-55)36-64-52(69)24-20-16-12-7-9-13-17-21-29-62-51(68)23-19-15-11-8-10-14-18-22-30-63-56(71)73-37-50(67)60(72)39(2)32-48-47-26-25-42-33-43(65)27-28-57(42,5)59(47,61)49(66)35-58(48,60)6/h25,27-28,31,34,39,47-49,66,72H,7-24,26,29-30,32-33,35-37H2,1-6H3,(H,62,68)(H,63,71)(H,64,69)/t39-,47?,48?,49?,57?,58?,59+,60+/m1/s1. The summed E-state index contributed by atoms with van der Waals surface area (Å²) >= 11 is 0. The molecule has 3 amide bonds. The number of alkyl halides is 1. The highest BCUT2D eigenvalue weighted by atomic mass is 19.1. The fourth-order valence-electron chi connectivity index (χ4n) is 13.6. The van der Waals surface area contributed by atoms with E-state index in [1.807, 2.05) is 32.9 Å². The molecule has 2 heterocycles. The lowest BCUT2D eigenvalue weighted by molar-refractivity contribution is -0.215. The van der Waals surface area contributed by atoms with Crippen molar-refractivity contribution >= 4 is 51.4 Å². The second-order valence-corrected chi connectivity index (χ2v) is 23.0. The number of ether oxygens (including phenoxy) is 1. The molecule has 1 aromatic carbocycles. The average Bonchev–Trinajstić information content (AvgIpc) is 3.80. The van der Waals surface area contributed by atoms with Crippen LogP contribution in [0.1, 0.15) is 184 Å². The molecule has 4 aliphatic carbocycles. The lowest BCUT2D eigenvalue weighted by Gasteiger charge is -2.62. The third-order valence-corrected chi connectivity index (χ3v) is 18.1. The number of benzene rings is 1. The molecule has 75 heavy (non-hydrogen) atoms. The number of unbranched alkanes of at least 4 members (excludes halogenated alkanes) is 14. The number of fused-ring (bicyclic) bond motifs is 7. The fraction of sp³-hybridized carbons (Fsp3) is 0.667. The number of rotatable bonds is 27. The third-order valence-electron chi connectivity index (χ3n) is 18.1. The Kier molecular flexibility index (Phi) is 19.1. The first-order chi connectivity index (χ1) is 35.8. The van der Waals surface area contributed by atoms with Gasteiger partial charge in [0.25, 0.3) is 0 Å². The van der Waals surface area contributed by atoms with Gasteiger partial charge in [-0.2, -0.15) is 0 Å². The highest BCUT2D eigenvalue weighted by Gasteiger charge is 2.75. The molecular weight excluding hydrogens is 958 g/mol. The topological polar surface area (TPSA) is 214 Å². The summed E-state index contributed by atoms with van der Waals surface area (Å²) in [6.07, 6.45) is 20.6. The number of halogens is 1. The van der Waals surface area contributed by atoms with Crippen LogP contribution in [-0.2, 0) is 30.5 Å². The predicted octanol–water partition coefficient (Wildman–Crippen LogP) is 10.9. The Balaban J connectivity index is 0.647. The zero-order valence-electron chi connectivity index (χ0n) is 45.5. The average molecular weight is 1040 g/mol. The van der Waals surface area contributed by atoms with Gasteiger partial charge in [0, 0.05) is 83.6 Å². The molecule has 2 fully saturated rings. The SMILES string of the molecule is Cc1oc2c(C)c3oc(=O)cc(C)c3cc2c1CNC(=O)CCCCCCCCCCNC(=O)CCCCCCCCCCNC(=O)OCC(=O)[C@@]1(O)[C@H](C)CC2C3CC=C4CC(=O)C=CC4(C)[C@@]3(F)C(O)CC21C. The summed E-state index contributed by atoms with van der Waals surface area (Å²) in [6.45, 7) is 11.8. The Morgan fingerprint density at radius 1 is 0.760 bits per heavy atom. The van der Waals surface area contributed by atoms with E-state index in [1.54, 1.807) is 26.8 Å². The zero-order valence-corrected chi connectivity index (χ0v) is 45.5. The summed E-state index contributed by atoms with van der Waals surface area (Å²) in [5.41, 5.74) is -2.24. The molecular formula is C60H84FN3O11. The van der Waals surface area contributed by atoms with Gasteiger partial charge >= 0.3 is 11.7 Å². The van der Waals surface area contributed by atoms with Gasteiger partial charge in [0.2, 0.25) is 17.6 Å². The van der Waals surface area contributed by atoms with Gasteiger partial charge in [-0.25, -0.2) is 14.0 Å². The molecule has 0 spiro atoms. The molecule has 0 radical (unpaired) electrons. The maximum Gasteiger partial charge on any atom is 0.407 e. The van der Waals surface area contributed by atoms with Crippen molar-refractivity contribution in [1.82, 2.24) is 16.0 Å². The molecule has 412 valence electrons. The quantitative estimate of drug-likeness (QED) is 0.0275. The van der Waals surface area contributed by atoms with E-state index in [9.17, 15) is 39.0 Å². The van der Waals surface area contributed by atoms with E-state index >= 15 is 4.39 Å². The molecule has 0 bridgehead atoms. The Hall–Kier alpha value is -5.15. The Morgan fingerprint density at radius 2 is 1.33 bits per heavy atom. The van der Waals surface area contributed by atoms with Crippen LogP contribution in [0.4, 0.5) is 9.18 Å². The van der Waals surface area contributed by atoms with Crippen molar-refractivity contribution in [2.45, 2.75) is 207 Å². The number of hydrogen-bond donors (Lipinski definition) is 5. The second-order valence-electron chi connectivity index (χ2n) is 23.0. The summed E-state index contributed by atoms with van der Waals surface area (Å²) in [4.78, 5) is 75.5. The first kappa shape index (κ1) is 57.6. The number of nitrogens with one attached hydrogen (secondary N) is 3. The van der Waals surface area contributed by atoms with Gasteiger partial charge < -0.3 is 39.7 Å². The van der Waals surface area contributed by atoms with Gasteiger partial charge in [0.15, 0.2) is 18.1 Å². The predicted molar refractivity (Wildman–Crippen MR) is 287 cm³/mol. The molecule has 5 unspecified atom stereocenters. The molecule has 0 aliphatic heterocycles. The number of carbonyl (C=O) groups is 5. The number of ketones is 2. The van der Waals surface area contributed by atoms with Crippen molar-refractivity contribution in [3.63, 3.8) is 0 Å². The molecule has 2 aromatic heterocycles. The number of hydrogen-bond acceptors (Lipinski definition) is 11. The summed E-state index contributed by atoms with van der Waals surface area (Å²) in [7, 11) is 0. The van der Waals surface area contributed by atoms with Gasteiger partial charge in [0.05, 0.1) is 6.10 Å². The Bertz CT molecular complexity index is 2690. The van der Waals surface area contributed by atoms with Gasteiger partial charge in [-0.05, 0) is 102 Å². The van der Waals surface area contributed by atoms with Crippen LogP contribution in [0.3, 0.4) is 0 Å². The number of amides is 3. The lowest BCUT2D eigenvalue weighted by atomic mass is 9.45. The molecule has 2 saturated carbocycles. The minimum atomic E-state index is -2.06. The van der Waals surface area contributed by atoms with Crippen molar-refractivity contribution in [3.8, 4) is 0 Å². The van der Waals surface area contributed by atoms with Gasteiger partial charge in [-0.15, -0.1) is 0 Å². The highest BCUT2D eigenvalue weighted by molar-refractivity contribution is 6.00. The van der Waals surface area contributed by atoms with Crippen LogP contribution in [0.2, 0.25) is 0 Å². The Labute approximate surface area is 441 Å². The van der Waals surface area contributed by atoms with Crippen LogP contribution in [0.5, 0.6) is 0 Å². The fourth-order valence-corrected chi connectivity index (χ4v) is 13.6. The lowest BCUT2D eigenvalue weighted by Crippen LogP contribution is -2.69. The number of Topliss-reactive ketones (excluding diaryl/α,β-unsaturated/α-hetero) is 1. The van der Waals surface area contributed by atoms with Crippen molar-refractivity contribution in [3.05, 3.63) is 68.8 Å². The number of aliphatic hydroxyl groups is 2. The molecule has 7 rings (SSSR count). The van der Waals surface area contributed by atoms with Crippen LogP contribution in [-0.4, -0.2) is 76.8 Å². The zero-order chi connectivity index (χ0) is 54.1. The van der Waals surface area contributed by atoms with Crippen LogP contribution in [0, 0.1) is 49.4 Å². The van der Waals surface area contributed by atoms with Crippen LogP contribution >= 0.6 is 0 Å². The summed E-state index contributed by atoms with van der Waals surface area (Å²) in [5, 5.41) is 34.4. The van der Waals surface area contributed by atoms with Crippen molar-refractivity contribution < 1.29 is 52.1 Å². The first-order valence-corrected chi connectivity index (χ1v) is 28.2. The smallest absolute Gasteiger partial charge is 0.407 e. The minimum absolute atomic E-state index is 0.0250. The summed E-state index contributed by atoms with van der Waals surface area (Å²) in [5.74, 6) is -1.50. The third kappa shape index (κ3) is 12.2. The number of carbonyl (C=O) groups excluding carboxylic acids is 5. The number of furan rings is 1. The van der Waals surface area contributed by atoms with E-state index in [1.165, 1.54) is 12.1 Å². The van der Waals surface area contributed by atoms with Crippen molar-refractivity contribution in [2.24, 2.45) is 28.6 Å². The summed E-state index contributed by atoms with van der Waals surface area (Å²) in [6, 6.07) is 3.48. The normalized spacial score (nSPS) is 26.9. The molecule has 8 atom stereocenters. The Morgan fingerprint density at radius 3 is 1.97 bits per heavy atom. The maximum atomic E-state index is 17.5.